The fourth-order valence-corrected chi connectivity index (χ4v) is 5.57. The highest BCUT2D eigenvalue weighted by Crippen LogP contribution is 2.08. The van der Waals surface area contributed by atoms with E-state index in [1.807, 2.05) is 6.08 Å². The van der Waals surface area contributed by atoms with Gasteiger partial charge in [-0.05, 0) is 109 Å². The second kappa shape index (κ2) is 47.4. The van der Waals surface area contributed by atoms with E-state index in [2.05, 4.69) is 165 Å². The van der Waals surface area contributed by atoms with Gasteiger partial charge in [0.15, 0.2) is 0 Å². The molecule has 2 atom stereocenters. The van der Waals surface area contributed by atoms with Crippen molar-refractivity contribution in [1.29, 1.82) is 0 Å². The van der Waals surface area contributed by atoms with Gasteiger partial charge in [-0.15, -0.1) is 0 Å². The Hall–Kier alpha value is -3.99. The summed E-state index contributed by atoms with van der Waals surface area (Å²) in [5.41, 5.74) is 0. The second-order valence-corrected chi connectivity index (χ2v) is 14.4. The third-order valence-corrected chi connectivity index (χ3v) is 9.02. The van der Waals surface area contributed by atoms with Gasteiger partial charge in [-0.1, -0.05) is 198 Å². The fraction of sp³-hybridized carbons (Fsp3) is 0.500. The molecule has 0 aliphatic carbocycles. The number of aliphatic hydroxyl groups is 2. The first-order chi connectivity index (χ1) is 28.7. The molecule has 0 bridgehead atoms. The number of unbranched alkanes of at least 4 members (excludes halogenated alkanes) is 7. The van der Waals surface area contributed by atoms with Gasteiger partial charge in [0.1, 0.15) is 0 Å². The van der Waals surface area contributed by atoms with Gasteiger partial charge in [-0.2, -0.15) is 0 Å². The van der Waals surface area contributed by atoms with Crippen LogP contribution in [0.15, 0.2) is 158 Å². The monoisotopic (exact) mass is 794 g/mol. The van der Waals surface area contributed by atoms with Crippen LogP contribution in [0, 0.1) is 0 Å². The van der Waals surface area contributed by atoms with E-state index in [-0.39, 0.29) is 12.5 Å². The number of allylic oxidation sites excluding steroid dienone is 25. The third kappa shape index (κ3) is 43.1. The molecule has 0 heterocycles. The summed E-state index contributed by atoms with van der Waals surface area (Å²) in [4.78, 5) is 12.2. The maximum atomic E-state index is 12.2. The van der Waals surface area contributed by atoms with Crippen molar-refractivity contribution in [1.82, 2.24) is 5.32 Å². The zero-order valence-electron chi connectivity index (χ0n) is 36.7. The fourth-order valence-electron chi connectivity index (χ4n) is 5.57. The highest BCUT2D eigenvalue weighted by atomic mass is 16.3. The Morgan fingerprint density at radius 3 is 1.12 bits per heavy atom. The Bertz CT molecular complexity index is 1310. The Balaban J connectivity index is 3.71. The molecular weight excluding hydrogens is 711 g/mol. The molecule has 0 aromatic rings. The molecule has 0 aromatic heterocycles. The first kappa shape index (κ1) is 54.0. The largest absolute Gasteiger partial charge is 0.394 e. The van der Waals surface area contributed by atoms with E-state index in [1.165, 1.54) is 6.42 Å². The highest BCUT2D eigenvalue weighted by molar-refractivity contribution is 5.76. The van der Waals surface area contributed by atoms with Crippen LogP contribution in [-0.2, 0) is 4.79 Å². The molecule has 1 amide bonds. The Morgan fingerprint density at radius 2 is 0.759 bits per heavy atom. The van der Waals surface area contributed by atoms with Crippen molar-refractivity contribution in [3.05, 3.63) is 158 Å². The van der Waals surface area contributed by atoms with Crippen molar-refractivity contribution in [2.75, 3.05) is 6.61 Å². The van der Waals surface area contributed by atoms with E-state index < -0.39 is 12.1 Å². The summed E-state index contributed by atoms with van der Waals surface area (Å²) in [5, 5.41) is 22.6. The summed E-state index contributed by atoms with van der Waals surface area (Å²) in [6.07, 6.45) is 78.2. The van der Waals surface area contributed by atoms with E-state index in [0.29, 0.717) is 6.42 Å². The number of amides is 1. The number of nitrogens with one attached hydrogen (secondary N) is 1. The van der Waals surface area contributed by atoms with E-state index in [0.717, 1.165) is 128 Å². The standard InChI is InChI=1S/C54H83NO3/c1-3-5-7-9-10-11-12-13-14-15-16-17-18-19-20-21-22-23-24-25-26-27-28-29-30-31-32-33-34-35-36-37-38-39-40-41-42-43-44-46-48-50-54(58)55-52(51-56)53(57)49-47-45-8-6-4-2/h5,7,10-11,13-14,16-17,19-20,22-23,25-26,28-29,31-32,34-35,37-38,40-41,47,49,52-53,56-57H,3-4,6,8-9,12,15,18,21,24,27,30,33,36,39,42-46,48,50-51H2,1-2H3,(H,55,58)/b7-5-,11-10-,14-13-,17-16-,20-19-,23-22-,26-25-,29-28-,32-31-,35-34-,38-37-,41-40-,49-47+. The van der Waals surface area contributed by atoms with Gasteiger partial charge >= 0.3 is 0 Å². The maximum Gasteiger partial charge on any atom is 0.220 e. The summed E-state index contributed by atoms with van der Waals surface area (Å²) in [6, 6.07) is -0.643. The van der Waals surface area contributed by atoms with Crippen LogP contribution in [0.3, 0.4) is 0 Å². The molecule has 0 spiro atoms. The Kier molecular flexibility index (Phi) is 44.1. The SMILES string of the molecule is CC/C=C\C/C=C\C/C=C\C/C=C\C/C=C\C/C=C\C/C=C\C/C=C\C/C=C\C/C=C\C/C=C\C/C=C\CCCCCCC(=O)NC(CO)C(O)/C=C/CCCCC. The molecule has 0 saturated heterocycles. The van der Waals surface area contributed by atoms with Crippen LogP contribution in [0.4, 0.5) is 0 Å². The van der Waals surface area contributed by atoms with Crippen LogP contribution in [0.25, 0.3) is 0 Å². The lowest BCUT2D eigenvalue weighted by molar-refractivity contribution is -0.123. The Morgan fingerprint density at radius 1 is 0.431 bits per heavy atom. The predicted molar refractivity (Wildman–Crippen MR) is 257 cm³/mol. The molecular formula is C54H83NO3. The lowest BCUT2D eigenvalue weighted by Gasteiger charge is -2.19. The molecule has 4 nitrogen and oxygen atoms in total. The molecule has 322 valence electrons. The zero-order chi connectivity index (χ0) is 42.1. The molecule has 4 heteroatoms. The predicted octanol–water partition coefficient (Wildman–Crippen LogP) is 14.7. The smallest absolute Gasteiger partial charge is 0.220 e. The average molecular weight is 794 g/mol. The lowest BCUT2D eigenvalue weighted by Crippen LogP contribution is -2.45. The van der Waals surface area contributed by atoms with Crippen molar-refractivity contribution in [2.45, 2.75) is 167 Å². The van der Waals surface area contributed by atoms with Crippen LogP contribution in [0.1, 0.15) is 155 Å². The number of rotatable bonds is 38. The number of carbonyl (C=O) groups excluding carboxylic acids is 1. The van der Waals surface area contributed by atoms with Crippen LogP contribution in [0.5, 0.6) is 0 Å². The van der Waals surface area contributed by atoms with E-state index in [9.17, 15) is 15.0 Å². The first-order valence-electron chi connectivity index (χ1n) is 22.7. The summed E-state index contributed by atoms with van der Waals surface area (Å²) in [6.45, 7) is 4.05. The van der Waals surface area contributed by atoms with Gasteiger partial charge < -0.3 is 15.5 Å². The summed E-state index contributed by atoms with van der Waals surface area (Å²) < 4.78 is 0. The molecule has 0 saturated carbocycles. The van der Waals surface area contributed by atoms with Crippen molar-refractivity contribution >= 4 is 5.91 Å². The van der Waals surface area contributed by atoms with Gasteiger partial charge in [0.25, 0.3) is 0 Å². The zero-order valence-corrected chi connectivity index (χ0v) is 36.7. The summed E-state index contributed by atoms with van der Waals surface area (Å²) in [5.74, 6) is -0.105. The van der Waals surface area contributed by atoms with Crippen LogP contribution in [0.2, 0.25) is 0 Å². The minimum atomic E-state index is -0.856. The van der Waals surface area contributed by atoms with E-state index in [4.69, 9.17) is 0 Å². The normalized spacial score (nSPS) is 14.5. The molecule has 0 fully saturated rings. The minimum absolute atomic E-state index is 0.105. The van der Waals surface area contributed by atoms with E-state index >= 15 is 0 Å². The van der Waals surface area contributed by atoms with Crippen LogP contribution < -0.4 is 5.32 Å². The average Bonchev–Trinajstić information content (AvgIpc) is 3.23. The molecule has 0 radical (unpaired) electrons. The van der Waals surface area contributed by atoms with Crippen molar-refractivity contribution in [2.24, 2.45) is 0 Å². The maximum absolute atomic E-state index is 12.2. The Labute approximate surface area is 356 Å². The third-order valence-electron chi connectivity index (χ3n) is 9.02. The van der Waals surface area contributed by atoms with Gasteiger partial charge in [-0.3, -0.25) is 4.79 Å². The molecule has 0 rings (SSSR count). The summed E-state index contributed by atoms with van der Waals surface area (Å²) in [7, 11) is 0. The number of carbonyl (C=O) groups is 1. The van der Waals surface area contributed by atoms with Crippen molar-refractivity contribution < 1.29 is 15.0 Å². The number of hydrogen-bond donors (Lipinski definition) is 3. The minimum Gasteiger partial charge on any atom is -0.394 e. The summed E-state index contributed by atoms with van der Waals surface area (Å²) >= 11 is 0. The first-order valence-corrected chi connectivity index (χ1v) is 22.7. The quantitative estimate of drug-likeness (QED) is 0.0431. The number of aliphatic hydroxyl groups excluding tert-OH is 2. The molecule has 0 aromatic carbocycles. The van der Waals surface area contributed by atoms with Crippen LogP contribution >= 0.6 is 0 Å². The van der Waals surface area contributed by atoms with Crippen molar-refractivity contribution in [3.63, 3.8) is 0 Å². The van der Waals surface area contributed by atoms with Gasteiger partial charge in [0, 0.05) is 6.42 Å². The number of hydrogen-bond acceptors (Lipinski definition) is 3. The van der Waals surface area contributed by atoms with Crippen LogP contribution in [-0.4, -0.2) is 34.9 Å². The lowest BCUT2D eigenvalue weighted by atomic mass is 10.1. The van der Waals surface area contributed by atoms with E-state index in [1.54, 1.807) is 6.08 Å². The topological polar surface area (TPSA) is 69.6 Å². The molecule has 3 N–H and O–H groups in total. The second-order valence-electron chi connectivity index (χ2n) is 14.4. The van der Waals surface area contributed by atoms with Crippen molar-refractivity contribution in [3.8, 4) is 0 Å². The molecule has 0 aliphatic rings. The highest BCUT2D eigenvalue weighted by Gasteiger charge is 2.17. The molecule has 2 unspecified atom stereocenters. The van der Waals surface area contributed by atoms with Gasteiger partial charge in [0.2, 0.25) is 5.91 Å². The van der Waals surface area contributed by atoms with Gasteiger partial charge in [0.05, 0.1) is 18.8 Å². The molecule has 0 aliphatic heterocycles. The van der Waals surface area contributed by atoms with Gasteiger partial charge in [-0.25, -0.2) is 0 Å². The molecule has 58 heavy (non-hydrogen) atoms.